The van der Waals surface area contributed by atoms with Gasteiger partial charge in [0, 0.05) is 25.9 Å². The molecule has 0 bridgehead atoms. The van der Waals surface area contributed by atoms with E-state index in [0.717, 1.165) is 11.6 Å². The van der Waals surface area contributed by atoms with Crippen LogP contribution >= 0.6 is 0 Å². The average molecular weight is 445 g/mol. The number of pyridine rings is 1. The summed E-state index contributed by atoms with van der Waals surface area (Å²) in [7, 11) is 1.83. The third kappa shape index (κ3) is 4.41. The number of hydrogen-bond acceptors (Lipinski definition) is 6. The van der Waals surface area contributed by atoms with Crippen molar-refractivity contribution in [2.24, 2.45) is 0 Å². The summed E-state index contributed by atoms with van der Waals surface area (Å²) < 4.78 is 39.6. The van der Waals surface area contributed by atoms with Crippen molar-refractivity contribution >= 4 is 17.4 Å². The van der Waals surface area contributed by atoms with Gasteiger partial charge in [0.25, 0.3) is 0 Å². The van der Waals surface area contributed by atoms with Crippen molar-refractivity contribution in [2.45, 2.75) is 45.5 Å². The number of likely N-dealkylation sites (N-methyl/N-ethyl adjacent to an activating group) is 1. The number of hydrogen-bond donors (Lipinski definition) is 1. The predicted molar refractivity (Wildman–Crippen MR) is 111 cm³/mol. The van der Waals surface area contributed by atoms with Gasteiger partial charge in [0.1, 0.15) is 23.2 Å². The molecule has 0 aromatic carbocycles. The highest BCUT2D eigenvalue weighted by Gasteiger charge is 2.32. The largest absolute Gasteiger partial charge is 0.433 e. The van der Waals surface area contributed by atoms with Gasteiger partial charge >= 0.3 is 6.18 Å². The van der Waals surface area contributed by atoms with Crippen LogP contribution in [0.4, 0.5) is 24.7 Å². The molecule has 1 aliphatic heterocycles. The number of amides is 1. The lowest BCUT2D eigenvalue weighted by atomic mass is 10.1. The van der Waals surface area contributed by atoms with Crippen LogP contribution < -0.4 is 10.2 Å². The Bertz CT molecular complexity index is 1140. The number of aryl methyl sites for hydroxylation is 3. The minimum atomic E-state index is -4.45. The number of carbonyl (C=O) groups excluding carboxylic acids is 1. The second kappa shape index (κ2) is 8.21. The van der Waals surface area contributed by atoms with Gasteiger partial charge < -0.3 is 10.2 Å². The number of anilines is 2. The maximum atomic E-state index is 12.6. The molecule has 0 unspecified atom stereocenters. The first-order valence-corrected chi connectivity index (χ1v) is 10.1. The van der Waals surface area contributed by atoms with E-state index >= 15 is 0 Å². The van der Waals surface area contributed by atoms with Crippen LogP contribution in [0.3, 0.4) is 0 Å². The van der Waals surface area contributed by atoms with Crippen molar-refractivity contribution in [2.75, 3.05) is 17.3 Å². The van der Waals surface area contributed by atoms with E-state index in [1.165, 1.54) is 12.3 Å². The Hall–Kier alpha value is -3.50. The van der Waals surface area contributed by atoms with Gasteiger partial charge in [-0.25, -0.2) is 9.97 Å². The minimum Gasteiger partial charge on any atom is -0.346 e. The highest BCUT2D eigenvalue weighted by atomic mass is 19.4. The Balaban J connectivity index is 1.42. The van der Waals surface area contributed by atoms with Gasteiger partial charge in [-0.3, -0.25) is 14.5 Å². The average Bonchev–Trinajstić information content (AvgIpc) is 3.18. The Morgan fingerprint density at radius 2 is 1.91 bits per heavy atom. The Morgan fingerprint density at radius 3 is 2.59 bits per heavy atom. The molecule has 4 heterocycles. The summed E-state index contributed by atoms with van der Waals surface area (Å²) in [6.45, 7) is 3.97. The molecule has 8 nitrogen and oxygen atoms in total. The van der Waals surface area contributed by atoms with Gasteiger partial charge in [0.2, 0.25) is 5.91 Å². The quantitative estimate of drug-likeness (QED) is 0.650. The molecule has 0 spiro atoms. The molecule has 4 rings (SSSR count). The van der Waals surface area contributed by atoms with E-state index in [-0.39, 0.29) is 11.9 Å². The lowest BCUT2D eigenvalue weighted by Gasteiger charge is -2.32. The Labute approximate surface area is 182 Å². The summed E-state index contributed by atoms with van der Waals surface area (Å²) in [5.74, 6) is 1.27. The maximum Gasteiger partial charge on any atom is 0.433 e. The molecule has 1 amide bonds. The Morgan fingerprint density at radius 1 is 1.12 bits per heavy atom. The summed E-state index contributed by atoms with van der Waals surface area (Å²) in [5.41, 5.74) is 2.02. The van der Waals surface area contributed by atoms with E-state index < -0.39 is 11.9 Å². The zero-order chi connectivity index (χ0) is 23.0. The molecule has 1 aliphatic rings. The monoisotopic (exact) mass is 445 g/mol. The van der Waals surface area contributed by atoms with Crippen molar-refractivity contribution in [1.29, 1.82) is 0 Å². The molecule has 1 atom stereocenters. The molecule has 0 fully saturated rings. The third-order valence-corrected chi connectivity index (χ3v) is 5.44. The van der Waals surface area contributed by atoms with Crippen LogP contribution in [0.5, 0.6) is 0 Å². The SMILES string of the molecule is Cc1nc(CCc2cnn(Cc3ccc(C(F)(F)F)nc3)c2)nc2c1NC(=O)[C@H](C)N2C. The minimum absolute atomic E-state index is 0.0879. The van der Waals surface area contributed by atoms with Crippen LogP contribution in [0.1, 0.15) is 35.3 Å². The maximum absolute atomic E-state index is 12.6. The highest BCUT2D eigenvalue weighted by Crippen LogP contribution is 2.31. The molecule has 1 N–H and O–H groups in total. The normalized spacial score (nSPS) is 16.1. The number of nitrogens with zero attached hydrogens (tertiary/aromatic N) is 6. The molecule has 0 radical (unpaired) electrons. The second-order valence-corrected chi connectivity index (χ2v) is 7.80. The molecule has 168 valence electrons. The van der Waals surface area contributed by atoms with Crippen LogP contribution in [-0.2, 0) is 30.4 Å². The van der Waals surface area contributed by atoms with Crippen molar-refractivity contribution < 1.29 is 18.0 Å². The fourth-order valence-corrected chi connectivity index (χ4v) is 3.47. The van der Waals surface area contributed by atoms with E-state index in [0.29, 0.717) is 48.0 Å². The number of nitrogens with one attached hydrogen (secondary N) is 1. The molecular weight excluding hydrogens is 423 g/mol. The number of alkyl halides is 3. The topological polar surface area (TPSA) is 88.8 Å². The molecule has 32 heavy (non-hydrogen) atoms. The number of aromatic nitrogens is 5. The molecule has 0 aliphatic carbocycles. The fraction of sp³-hybridized carbons (Fsp3) is 0.381. The second-order valence-electron chi connectivity index (χ2n) is 7.80. The van der Waals surface area contributed by atoms with E-state index in [1.807, 2.05) is 32.0 Å². The summed E-state index contributed by atoms with van der Waals surface area (Å²) in [5, 5.41) is 7.14. The van der Waals surface area contributed by atoms with Gasteiger partial charge in [-0.05, 0) is 37.5 Å². The molecule has 11 heteroatoms. The fourth-order valence-electron chi connectivity index (χ4n) is 3.47. The van der Waals surface area contributed by atoms with Crippen molar-refractivity contribution in [3.05, 3.63) is 59.1 Å². The summed E-state index contributed by atoms with van der Waals surface area (Å²) >= 11 is 0. The highest BCUT2D eigenvalue weighted by molar-refractivity contribution is 6.02. The Kier molecular flexibility index (Phi) is 5.57. The zero-order valence-electron chi connectivity index (χ0n) is 17.8. The van der Waals surface area contributed by atoms with Gasteiger partial charge in [-0.15, -0.1) is 0 Å². The standard InChI is InChI=1S/C21H22F3N7O/c1-12-18-19(30(3)13(2)20(32)29-18)28-17(27-12)7-5-15-9-26-31(11-15)10-14-4-6-16(25-8-14)21(22,23)24/h4,6,8-9,11,13H,5,7,10H2,1-3H3,(H,29,32)/t13-/m0/s1. The summed E-state index contributed by atoms with van der Waals surface area (Å²) in [4.78, 5) is 26.5. The number of carbonyl (C=O) groups is 1. The van der Waals surface area contributed by atoms with Gasteiger partial charge in [-0.1, -0.05) is 6.07 Å². The number of halogens is 3. The van der Waals surface area contributed by atoms with Gasteiger partial charge in [0.05, 0.1) is 18.4 Å². The number of rotatable bonds is 5. The number of fused-ring (bicyclic) bond motifs is 1. The van der Waals surface area contributed by atoms with E-state index in [2.05, 4.69) is 25.4 Å². The predicted octanol–water partition coefficient (Wildman–Crippen LogP) is 3.01. The van der Waals surface area contributed by atoms with Crippen LogP contribution in [0, 0.1) is 6.92 Å². The molecule has 3 aromatic rings. The molecule has 3 aromatic heterocycles. The summed E-state index contributed by atoms with van der Waals surface area (Å²) in [6.07, 6.45) is 1.55. The van der Waals surface area contributed by atoms with Crippen LogP contribution in [0.25, 0.3) is 0 Å². The van der Waals surface area contributed by atoms with E-state index in [1.54, 1.807) is 10.9 Å². The summed E-state index contributed by atoms with van der Waals surface area (Å²) in [6, 6.07) is 2.05. The molecule has 0 saturated heterocycles. The van der Waals surface area contributed by atoms with E-state index in [9.17, 15) is 18.0 Å². The van der Waals surface area contributed by atoms with Crippen molar-refractivity contribution in [3.63, 3.8) is 0 Å². The van der Waals surface area contributed by atoms with Gasteiger partial charge in [0.15, 0.2) is 5.82 Å². The zero-order valence-corrected chi connectivity index (χ0v) is 17.8. The first kappa shape index (κ1) is 21.7. The van der Waals surface area contributed by atoms with Crippen molar-refractivity contribution in [3.8, 4) is 0 Å². The lowest BCUT2D eigenvalue weighted by molar-refractivity contribution is -0.141. The first-order chi connectivity index (χ1) is 15.1. The smallest absolute Gasteiger partial charge is 0.346 e. The molecular formula is C21H22F3N7O. The van der Waals surface area contributed by atoms with Gasteiger partial charge in [-0.2, -0.15) is 18.3 Å². The van der Waals surface area contributed by atoms with E-state index in [4.69, 9.17) is 0 Å². The van der Waals surface area contributed by atoms with Crippen LogP contribution in [0.15, 0.2) is 30.7 Å². The molecule has 0 saturated carbocycles. The lowest BCUT2D eigenvalue weighted by Crippen LogP contribution is -2.45. The first-order valence-electron chi connectivity index (χ1n) is 10.1. The van der Waals surface area contributed by atoms with Crippen molar-refractivity contribution in [1.82, 2.24) is 24.7 Å². The third-order valence-electron chi connectivity index (χ3n) is 5.44. The van der Waals surface area contributed by atoms with Crippen LogP contribution in [-0.4, -0.2) is 43.7 Å². The van der Waals surface area contributed by atoms with Crippen LogP contribution in [0.2, 0.25) is 0 Å².